The minimum absolute atomic E-state index is 0.0266. The molecule has 0 saturated carbocycles. The van der Waals surface area contributed by atoms with Crippen LogP contribution in [0.4, 0.5) is 0 Å². The molecule has 4 nitrogen and oxygen atoms in total. The number of methoxy groups -OCH3 is 1. The zero-order valence-electron chi connectivity index (χ0n) is 10.7. The van der Waals surface area contributed by atoms with Crippen LogP contribution in [0, 0.1) is 5.92 Å². The van der Waals surface area contributed by atoms with Crippen molar-refractivity contribution in [2.24, 2.45) is 5.92 Å². The molecule has 16 heavy (non-hydrogen) atoms. The average molecular weight is 228 g/mol. The maximum Gasteiger partial charge on any atom is 0.225 e. The monoisotopic (exact) mass is 228 g/mol. The SMILES string of the molecule is COC(C1CCCN1)C(C)C(=O)NC(C)C. The second-order valence-corrected chi connectivity index (χ2v) is 4.86. The largest absolute Gasteiger partial charge is 0.379 e. The predicted molar refractivity (Wildman–Crippen MR) is 64.3 cm³/mol. The maximum atomic E-state index is 11.9. The molecule has 0 aromatic carbocycles. The number of nitrogens with one attached hydrogen (secondary N) is 2. The molecule has 4 heteroatoms. The third-order valence-electron chi connectivity index (χ3n) is 3.10. The Morgan fingerprint density at radius 1 is 1.44 bits per heavy atom. The zero-order chi connectivity index (χ0) is 12.1. The van der Waals surface area contributed by atoms with Crippen molar-refractivity contribution in [1.29, 1.82) is 0 Å². The molecule has 1 amide bonds. The van der Waals surface area contributed by atoms with Gasteiger partial charge in [-0.25, -0.2) is 0 Å². The molecule has 0 aliphatic carbocycles. The van der Waals surface area contributed by atoms with Gasteiger partial charge < -0.3 is 15.4 Å². The van der Waals surface area contributed by atoms with Crippen LogP contribution in [-0.4, -0.2) is 37.7 Å². The number of hydrogen-bond donors (Lipinski definition) is 2. The zero-order valence-corrected chi connectivity index (χ0v) is 10.7. The Morgan fingerprint density at radius 3 is 2.56 bits per heavy atom. The molecular weight excluding hydrogens is 204 g/mol. The second-order valence-electron chi connectivity index (χ2n) is 4.86. The van der Waals surface area contributed by atoms with Gasteiger partial charge in [-0.15, -0.1) is 0 Å². The molecule has 1 aliphatic rings. The van der Waals surface area contributed by atoms with Gasteiger partial charge in [-0.3, -0.25) is 4.79 Å². The van der Waals surface area contributed by atoms with Crippen LogP contribution in [0.25, 0.3) is 0 Å². The summed E-state index contributed by atoms with van der Waals surface area (Å²) in [6, 6.07) is 0.502. The van der Waals surface area contributed by atoms with Gasteiger partial charge in [-0.1, -0.05) is 6.92 Å². The molecule has 3 unspecified atom stereocenters. The van der Waals surface area contributed by atoms with Gasteiger partial charge in [0.2, 0.25) is 5.91 Å². The molecule has 0 radical (unpaired) electrons. The predicted octanol–water partition coefficient (Wildman–Crippen LogP) is 0.914. The lowest BCUT2D eigenvalue weighted by atomic mass is 9.95. The van der Waals surface area contributed by atoms with Crippen molar-refractivity contribution in [3.8, 4) is 0 Å². The van der Waals surface area contributed by atoms with Crippen molar-refractivity contribution in [1.82, 2.24) is 10.6 Å². The summed E-state index contributed by atoms with van der Waals surface area (Å²) >= 11 is 0. The van der Waals surface area contributed by atoms with E-state index >= 15 is 0 Å². The van der Waals surface area contributed by atoms with Crippen molar-refractivity contribution in [2.75, 3.05) is 13.7 Å². The first-order valence-corrected chi connectivity index (χ1v) is 6.12. The standard InChI is InChI=1S/C12H24N2O2/c1-8(2)14-12(15)9(3)11(16-4)10-6-5-7-13-10/h8-11,13H,5-7H2,1-4H3,(H,14,15). The van der Waals surface area contributed by atoms with Crippen LogP contribution in [-0.2, 0) is 9.53 Å². The van der Waals surface area contributed by atoms with E-state index in [1.165, 1.54) is 6.42 Å². The lowest BCUT2D eigenvalue weighted by Crippen LogP contribution is -2.47. The van der Waals surface area contributed by atoms with Gasteiger partial charge in [-0.2, -0.15) is 0 Å². The van der Waals surface area contributed by atoms with E-state index in [-0.39, 0.29) is 24.0 Å². The van der Waals surface area contributed by atoms with Gasteiger partial charge in [0.05, 0.1) is 12.0 Å². The third kappa shape index (κ3) is 3.46. The van der Waals surface area contributed by atoms with Crippen LogP contribution in [0.15, 0.2) is 0 Å². The summed E-state index contributed by atoms with van der Waals surface area (Å²) in [6.45, 7) is 6.91. The highest BCUT2D eigenvalue weighted by Crippen LogP contribution is 2.18. The first-order valence-electron chi connectivity index (χ1n) is 6.12. The molecule has 1 fully saturated rings. The van der Waals surface area contributed by atoms with Gasteiger partial charge in [0.1, 0.15) is 0 Å². The Kier molecular flexibility index (Phi) is 5.22. The Balaban J connectivity index is 2.53. The quantitative estimate of drug-likeness (QED) is 0.735. The van der Waals surface area contributed by atoms with Crippen molar-refractivity contribution in [3.63, 3.8) is 0 Å². The van der Waals surface area contributed by atoms with Crippen LogP contribution in [0.2, 0.25) is 0 Å². The fraction of sp³-hybridized carbons (Fsp3) is 0.917. The van der Waals surface area contributed by atoms with Gasteiger partial charge in [-0.05, 0) is 33.2 Å². The van der Waals surface area contributed by atoms with Crippen LogP contribution in [0.3, 0.4) is 0 Å². The van der Waals surface area contributed by atoms with Crippen molar-refractivity contribution in [2.45, 2.75) is 51.8 Å². The summed E-state index contributed by atoms with van der Waals surface area (Å²) in [4.78, 5) is 11.9. The van der Waals surface area contributed by atoms with E-state index in [9.17, 15) is 4.79 Å². The summed E-state index contributed by atoms with van der Waals surface area (Å²) in [5.74, 6) is -0.0291. The smallest absolute Gasteiger partial charge is 0.225 e. The number of ether oxygens (including phenoxy) is 1. The number of carbonyl (C=O) groups excluding carboxylic acids is 1. The van der Waals surface area contributed by atoms with Crippen LogP contribution in [0.1, 0.15) is 33.6 Å². The van der Waals surface area contributed by atoms with E-state index in [1.54, 1.807) is 7.11 Å². The summed E-state index contributed by atoms with van der Waals surface area (Å²) in [5.41, 5.74) is 0. The normalized spacial score (nSPS) is 24.4. The lowest BCUT2D eigenvalue weighted by molar-refractivity contribution is -0.130. The van der Waals surface area contributed by atoms with E-state index in [0.29, 0.717) is 6.04 Å². The Labute approximate surface area is 98.1 Å². The highest BCUT2D eigenvalue weighted by Gasteiger charge is 2.32. The molecule has 1 rings (SSSR count). The number of carbonyl (C=O) groups is 1. The average Bonchev–Trinajstić information content (AvgIpc) is 2.71. The van der Waals surface area contributed by atoms with E-state index in [4.69, 9.17) is 4.74 Å². The molecule has 3 atom stereocenters. The highest BCUT2D eigenvalue weighted by molar-refractivity contribution is 5.79. The molecule has 1 heterocycles. The van der Waals surface area contributed by atoms with Crippen LogP contribution in [0.5, 0.6) is 0 Å². The Morgan fingerprint density at radius 2 is 2.12 bits per heavy atom. The van der Waals surface area contributed by atoms with Gasteiger partial charge >= 0.3 is 0 Å². The topological polar surface area (TPSA) is 50.4 Å². The summed E-state index contributed by atoms with van der Waals surface area (Å²) in [6.07, 6.45) is 2.24. The molecule has 94 valence electrons. The van der Waals surface area contributed by atoms with E-state index in [1.807, 2.05) is 20.8 Å². The molecule has 0 aromatic heterocycles. The fourth-order valence-electron chi connectivity index (χ4n) is 2.27. The molecule has 0 aromatic rings. The first kappa shape index (κ1) is 13.5. The molecule has 2 N–H and O–H groups in total. The van der Waals surface area contributed by atoms with Crippen molar-refractivity contribution >= 4 is 5.91 Å². The third-order valence-corrected chi connectivity index (χ3v) is 3.10. The Bertz CT molecular complexity index is 225. The van der Waals surface area contributed by atoms with E-state index in [0.717, 1.165) is 13.0 Å². The number of rotatable bonds is 5. The van der Waals surface area contributed by atoms with Gasteiger partial charge in [0.25, 0.3) is 0 Å². The van der Waals surface area contributed by atoms with Gasteiger partial charge in [0.15, 0.2) is 0 Å². The Hall–Kier alpha value is -0.610. The molecule has 1 aliphatic heterocycles. The molecular formula is C12H24N2O2. The van der Waals surface area contributed by atoms with E-state index < -0.39 is 0 Å². The summed E-state index contributed by atoms with van der Waals surface area (Å²) < 4.78 is 5.48. The van der Waals surface area contributed by atoms with Gasteiger partial charge in [0, 0.05) is 19.2 Å². The maximum absolute atomic E-state index is 11.9. The van der Waals surface area contributed by atoms with Crippen molar-refractivity contribution in [3.05, 3.63) is 0 Å². The minimum Gasteiger partial charge on any atom is -0.379 e. The number of amides is 1. The van der Waals surface area contributed by atoms with E-state index in [2.05, 4.69) is 10.6 Å². The fourth-order valence-corrected chi connectivity index (χ4v) is 2.27. The molecule has 0 bridgehead atoms. The molecule has 1 saturated heterocycles. The number of hydrogen-bond acceptors (Lipinski definition) is 3. The van der Waals surface area contributed by atoms with Crippen LogP contribution >= 0.6 is 0 Å². The second kappa shape index (κ2) is 6.21. The summed E-state index contributed by atoms with van der Waals surface area (Å²) in [5, 5.41) is 6.33. The lowest BCUT2D eigenvalue weighted by Gasteiger charge is -2.28. The first-order chi connectivity index (χ1) is 7.56. The minimum atomic E-state index is -0.108. The van der Waals surface area contributed by atoms with Crippen molar-refractivity contribution < 1.29 is 9.53 Å². The summed E-state index contributed by atoms with van der Waals surface area (Å²) in [7, 11) is 1.68. The van der Waals surface area contributed by atoms with Crippen LogP contribution < -0.4 is 10.6 Å². The highest BCUT2D eigenvalue weighted by atomic mass is 16.5. The molecule has 0 spiro atoms.